The summed E-state index contributed by atoms with van der Waals surface area (Å²) in [5.74, 6) is -0.193. The predicted molar refractivity (Wildman–Crippen MR) is 94.6 cm³/mol. The molecule has 3 rings (SSSR count). The summed E-state index contributed by atoms with van der Waals surface area (Å²) < 4.78 is 1.37. The van der Waals surface area contributed by atoms with E-state index in [4.69, 9.17) is 23.2 Å². The molecule has 0 saturated heterocycles. The molecular formula is C16H14Cl2N2O2S. The first-order valence-corrected chi connectivity index (χ1v) is 8.59. The van der Waals surface area contributed by atoms with Crippen LogP contribution in [0.3, 0.4) is 0 Å². The second kappa shape index (κ2) is 6.93. The van der Waals surface area contributed by atoms with Gasteiger partial charge in [-0.05, 0) is 23.6 Å². The van der Waals surface area contributed by atoms with Gasteiger partial charge in [0.2, 0.25) is 0 Å². The molecule has 1 aromatic carbocycles. The van der Waals surface area contributed by atoms with E-state index in [9.17, 15) is 9.90 Å². The second-order valence-corrected chi connectivity index (χ2v) is 7.08. The quantitative estimate of drug-likeness (QED) is 0.637. The number of hydrogen-bond donors (Lipinski definition) is 3. The Hall–Kier alpha value is -1.53. The molecule has 23 heavy (non-hydrogen) atoms. The lowest BCUT2D eigenvalue weighted by Gasteiger charge is -2.08. The first-order valence-electron chi connectivity index (χ1n) is 7.02. The third-order valence-corrected chi connectivity index (χ3v) is 5.52. The SMILES string of the molecule is O=C(NCCc1ccccc1CO)c1cc2sc(Cl)c(Cl)c2[nH]1. The largest absolute Gasteiger partial charge is 0.392 e. The fourth-order valence-electron chi connectivity index (χ4n) is 2.40. The molecule has 0 fully saturated rings. The number of aromatic amines is 1. The molecule has 0 saturated carbocycles. The average molecular weight is 369 g/mol. The minimum atomic E-state index is -0.193. The van der Waals surface area contributed by atoms with Gasteiger partial charge in [-0.15, -0.1) is 11.3 Å². The highest BCUT2D eigenvalue weighted by molar-refractivity contribution is 7.23. The van der Waals surface area contributed by atoms with Crippen LogP contribution in [0.25, 0.3) is 10.2 Å². The number of aromatic nitrogens is 1. The second-order valence-electron chi connectivity index (χ2n) is 5.04. The van der Waals surface area contributed by atoms with Crippen LogP contribution < -0.4 is 5.32 Å². The van der Waals surface area contributed by atoms with Crippen molar-refractivity contribution in [2.24, 2.45) is 0 Å². The number of thiophene rings is 1. The fourth-order valence-corrected chi connectivity index (χ4v) is 3.88. The summed E-state index contributed by atoms with van der Waals surface area (Å²) in [6.45, 7) is 0.479. The fraction of sp³-hybridized carbons (Fsp3) is 0.188. The lowest BCUT2D eigenvalue weighted by molar-refractivity contribution is 0.0950. The highest BCUT2D eigenvalue weighted by atomic mass is 35.5. The van der Waals surface area contributed by atoms with E-state index in [1.54, 1.807) is 6.07 Å². The summed E-state index contributed by atoms with van der Waals surface area (Å²) in [7, 11) is 0. The Labute approximate surface area is 147 Å². The van der Waals surface area contributed by atoms with Gasteiger partial charge < -0.3 is 15.4 Å². The van der Waals surface area contributed by atoms with Crippen LogP contribution in [0.4, 0.5) is 0 Å². The zero-order valence-electron chi connectivity index (χ0n) is 12.0. The van der Waals surface area contributed by atoms with Gasteiger partial charge in [0.1, 0.15) is 10.0 Å². The molecule has 0 aliphatic rings. The van der Waals surface area contributed by atoms with Crippen molar-refractivity contribution in [2.45, 2.75) is 13.0 Å². The van der Waals surface area contributed by atoms with E-state index in [-0.39, 0.29) is 12.5 Å². The Morgan fingerprint density at radius 1 is 1.26 bits per heavy atom. The molecule has 0 unspecified atom stereocenters. The summed E-state index contributed by atoms with van der Waals surface area (Å²) in [6.07, 6.45) is 0.657. The van der Waals surface area contributed by atoms with Crippen molar-refractivity contribution in [3.63, 3.8) is 0 Å². The van der Waals surface area contributed by atoms with E-state index in [0.717, 1.165) is 15.8 Å². The zero-order valence-corrected chi connectivity index (χ0v) is 14.4. The van der Waals surface area contributed by atoms with Crippen molar-refractivity contribution in [3.05, 3.63) is 56.5 Å². The molecule has 7 heteroatoms. The highest BCUT2D eigenvalue weighted by Crippen LogP contribution is 2.38. The molecule has 0 bridgehead atoms. The Balaban J connectivity index is 1.64. The van der Waals surface area contributed by atoms with Crippen molar-refractivity contribution >= 4 is 50.7 Å². The maximum absolute atomic E-state index is 12.2. The van der Waals surface area contributed by atoms with Gasteiger partial charge in [-0.2, -0.15) is 0 Å². The molecule has 0 spiro atoms. The van der Waals surface area contributed by atoms with Crippen LogP contribution in [0.5, 0.6) is 0 Å². The first kappa shape index (κ1) is 16.3. The minimum absolute atomic E-state index is 0.00369. The number of aliphatic hydroxyl groups excluding tert-OH is 1. The third kappa shape index (κ3) is 3.38. The van der Waals surface area contributed by atoms with Gasteiger partial charge in [-0.3, -0.25) is 4.79 Å². The maximum atomic E-state index is 12.2. The minimum Gasteiger partial charge on any atom is -0.392 e. The van der Waals surface area contributed by atoms with Crippen LogP contribution in [-0.4, -0.2) is 22.5 Å². The number of H-pyrrole nitrogens is 1. The van der Waals surface area contributed by atoms with Crippen molar-refractivity contribution < 1.29 is 9.90 Å². The lowest BCUT2D eigenvalue weighted by Crippen LogP contribution is -2.26. The molecule has 0 aliphatic heterocycles. The highest BCUT2D eigenvalue weighted by Gasteiger charge is 2.15. The van der Waals surface area contributed by atoms with Crippen LogP contribution in [0.15, 0.2) is 30.3 Å². The van der Waals surface area contributed by atoms with E-state index >= 15 is 0 Å². The summed E-state index contributed by atoms with van der Waals surface area (Å²) >= 11 is 13.4. The van der Waals surface area contributed by atoms with Crippen molar-refractivity contribution in [1.82, 2.24) is 10.3 Å². The molecule has 0 aliphatic carbocycles. The van der Waals surface area contributed by atoms with E-state index in [1.807, 2.05) is 24.3 Å². The number of fused-ring (bicyclic) bond motifs is 1. The topological polar surface area (TPSA) is 65.1 Å². The standard InChI is InChI=1S/C16H14Cl2N2O2S/c17-13-14-12(23-15(13)18)7-11(20-14)16(22)19-6-5-9-3-1-2-4-10(9)8-21/h1-4,7,20-21H,5-6,8H2,(H,19,22). The molecular weight excluding hydrogens is 355 g/mol. The number of nitrogens with one attached hydrogen (secondary N) is 2. The van der Waals surface area contributed by atoms with Crippen molar-refractivity contribution in [3.8, 4) is 0 Å². The molecule has 3 N–H and O–H groups in total. The van der Waals surface area contributed by atoms with Crippen molar-refractivity contribution in [2.75, 3.05) is 6.54 Å². The Morgan fingerprint density at radius 3 is 2.70 bits per heavy atom. The third-order valence-electron chi connectivity index (χ3n) is 3.59. The molecule has 2 aromatic heterocycles. The van der Waals surface area contributed by atoms with Crippen LogP contribution in [0.1, 0.15) is 21.6 Å². The van der Waals surface area contributed by atoms with Crippen LogP contribution >= 0.6 is 34.5 Å². The van der Waals surface area contributed by atoms with Gasteiger partial charge in [0, 0.05) is 6.54 Å². The Kier molecular flexibility index (Phi) is 4.92. The molecule has 120 valence electrons. The van der Waals surface area contributed by atoms with Gasteiger partial charge in [0.15, 0.2) is 0 Å². The number of carbonyl (C=O) groups is 1. The number of halogens is 2. The van der Waals surface area contributed by atoms with Gasteiger partial charge >= 0.3 is 0 Å². The average Bonchev–Trinajstić information content (AvgIpc) is 3.08. The molecule has 0 atom stereocenters. The molecule has 2 heterocycles. The Morgan fingerprint density at radius 2 is 2.00 bits per heavy atom. The molecule has 0 radical (unpaired) electrons. The number of hydrogen-bond acceptors (Lipinski definition) is 3. The normalized spacial score (nSPS) is 11.1. The Bertz CT molecular complexity index is 857. The van der Waals surface area contributed by atoms with E-state index in [2.05, 4.69) is 10.3 Å². The number of benzene rings is 1. The van der Waals surface area contributed by atoms with Crippen LogP contribution in [0.2, 0.25) is 9.36 Å². The number of carbonyl (C=O) groups excluding carboxylic acids is 1. The first-order chi connectivity index (χ1) is 11.1. The van der Waals surface area contributed by atoms with E-state index in [1.165, 1.54) is 11.3 Å². The maximum Gasteiger partial charge on any atom is 0.267 e. The predicted octanol–water partition coefficient (Wildman–Crippen LogP) is 4.00. The van der Waals surface area contributed by atoms with E-state index in [0.29, 0.717) is 33.5 Å². The number of rotatable bonds is 5. The number of aliphatic hydroxyl groups is 1. The summed E-state index contributed by atoms with van der Waals surface area (Å²) in [5.41, 5.74) is 3.05. The summed E-state index contributed by atoms with van der Waals surface area (Å²) in [6, 6.07) is 9.37. The lowest BCUT2D eigenvalue weighted by atomic mass is 10.1. The van der Waals surface area contributed by atoms with Crippen LogP contribution in [-0.2, 0) is 13.0 Å². The molecule has 4 nitrogen and oxygen atoms in total. The summed E-state index contributed by atoms with van der Waals surface area (Å²) in [4.78, 5) is 15.2. The van der Waals surface area contributed by atoms with Gasteiger partial charge in [0.05, 0.1) is 21.8 Å². The van der Waals surface area contributed by atoms with Gasteiger partial charge in [-0.1, -0.05) is 47.5 Å². The van der Waals surface area contributed by atoms with Crippen LogP contribution in [0, 0.1) is 0 Å². The van der Waals surface area contributed by atoms with Crippen molar-refractivity contribution in [1.29, 1.82) is 0 Å². The molecule has 3 aromatic rings. The van der Waals surface area contributed by atoms with Gasteiger partial charge in [0.25, 0.3) is 5.91 Å². The summed E-state index contributed by atoms with van der Waals surface area (Å²) in [5, 5.41) is 12.6. The van der Waals surface area contributed by atoms with E-state index < -0.39 is 0 Å². The number of amides is 1. The molecule has 1 amide bonds. The monoisotopic (exact) mass is 368 g/mol. The smallest absolute Gasteiger partial charge is 0.267 e. The zero-order chi connectivity index (χ0) is 16.4. The van der Waals surface area contributed by atoms with Gasteiger partial charge in [-0.25, -0.2) is 0 Å².